The summed E-state index contributed by atoms with van der Waals surface area (Å²) in [6.07, 6.45) is 3.06. The number of carbonyl (C=O) groups excluding carboxylic acids is 6. The van der Waals surface area contributed by atoms with Crippen molar-refractivity contribution in [2.24, 2.45) is 0 Å². The summed E-state index contributed by atoms with van der Waals surface area (Å²) in [7, 11) is 11.3. The molecule has 46 heavy (non-hydrogen) atoms. The number of methoxy groups -OCH3 is 6. The van der Waals surface area contributed by atoms with E-state index in [-0.39, 0.29) is 25.7 Å². The molecule has 0 heterocycles. The minimum Gasteiger partial charge on any atom is -0.467 e. The molecule has 0 aromatic heterocycles. The highest BCUT2D eigenvalue weighted by Crippen LogP contribution is 2.24. The fourth-order valence-corrected chi connectivity index (χ4v) is 6.35. The van der Waals surface area contributed by atoms with Gasteiger partial charge in [0, 0.05) is 39.9 Å². The van der Waals surface area contributed by atoms with Crippen LogP contribution in [0.25, 0.3) is 0 Å². The van der Waals surface area contributed by atoms with Crippen LogP contribution in [0.2, 0.25) is 0 Å². The van der Waals surface area contributed by atoms with Crippen LogP contribution in [0.4, 0.5) is 0 Å². The Hall–Kier alpha value is -2.64. The Bertz CT molecular complexity index is 827. The van der Waals surface area contributed by atoms with Crippen molar-refractivity contribution in [3.05, 3.63) is 0 Å². The van der Waals surface area contributed by atoms with Crippen molar-refractivity contribution in [2.75, 3.05) is 54.2 Å². The summed E-state index contributed by atoms with van der Waals surface area (Å²) in [6, 6.07) is -3.61. The van der Waals surface area contributed by atoms with Crippen LogP contribution in [0.1, 0.15) is 51.4 Å². The Kier molecular flexibility index (Phi) is 25.9. The molecule has 0 aromatic carbocycles. The molecule has 4 atom stereocenters. The number of esters is 2. The van der Waals surface area contributed by atoms with E-state index < -0.39 is 60.5 Å². The third kappa shape index (κ3) is 18.5. The average molecular weight is 699 g/mol. The molecule has 266 valence electrons. The molecular weight excluding hydrogens is 648 g/mol. The minimum atomic E-state index is -0.912. The first-order valence-electron chi connectivity index (χ1n) is 14.7. The van der Waals surface area contributed by atoms with Gasteiger partial charge in [-0.05, 0) is 51.4 Å². The van der Waals surface area contributed by atoms with Gasteiger partial charge in [0.25, 0.3) is 0 Å². The lowest BCUT2D eigenvalue weighted by Gasteiger charge is -2.22. The first kappa shape index (κ1) is 43.4. The average Bonchev–Trinajstić information content (AvgIpc) is 3.06. The van der Waals surface area contributed by atoms with E-state index in [1.54, 1.807) is 0 Å². The second-order valence-corrected chi connectivity index (χ2v) is 12.4. The van der Waals surface area contributed by atoms with Crippen molar-refractivity contribution in [3.63, 3.8) is 0 Å². The molecule has 4 N–H and O–H groups in total. The number of rotatable bonds is 29. The summed E-state index contributed by atoms with van der Waals surface area (Å²) < 4.78 is 30.2. The van der Waals surface area contributed by atoms with Gasteiger partial charge in [-0.15, -0.1) is 0 Å². The number of hydrogen-bond acceptors (Lipinski definition) is 14. The number of hydrogen-bond donors (Lipinski definition) is 4. The van der Waals surface area contributed by atoms with E-state index in [4.69, 9.17) is 28.4 Å². The first-order valence-corrected chi connectivity index (χ1v) is 17.2. The highest BCUT2D eigenvalue weighted by Gasteiger charge is 2.27. The molecule has 4 unspecified atom stereocenters. The first-order chi connectivity index (χ1) is 22.1. The molecule has 0 spiro atoms. The predicted molar refractivity (Wildman–Crippen MR) is 171 cm³/mol. The van der Waals surface area contributed by atoms with Crippen LogP contribution in [-0.4, -0.2) is 127 Å². The standard InChI is InChI=1S/C28H50N4O12S2/c1-39-23(40-2)11-7-9-21(27(37)43-5)31-25(35)19(29-17-33)13-15-45-46-16-14-20(30-18-34)26(36)32-22(28(38)44-6)10-8-12-24(41-3)42-4/h17-24H,7-16H2,1-6H3,(H,29,33)(H,30,34)(H,31,35)(H,32,36). The SMILES string of the molecule is COC(=O)C(CCCC(OC)OC)NC(=O)C(CCSSCCC(NC=O)C(=O)NC(CCCC(OC)OC)C(=O)OC)NC=O. The van der Waals surface area contributed by atoms with Crippen LogP contribution in [0, 0.1) is 0 Å². The molecule has 0 rings (SSSR count). The Morgan fingerprint density at radius 1 is 0.543 bits per heavy atom. The van der Waals surface area contributed by atoms with Gasteiger partial charge in [-0.25, -0.2) is 9.59 Å². The van der Waals surface area contributed by atoms with Gasteiger partial charge in [0.1, 0.15) is 24.2 Å². The Morgan fingerprint density at radius 2 is 0.891 bits per heavy atom. The second kappa shape index (κ2) is 27.5. The van der Waals surface area contributed by atoms with Crippen molar-refractivity contribution in [1.82, 2.24) is 21.3 Å². The zero-order chi connectivity index (χ0) is 34.7. The maximum Gasteiger partial charge on any atom is 0.328 e. The summed E-state index contributed by atoms with van der Waals surface area (Å²) in [5.41, 5.74) is 0. The van der Waals surface area contributed by atoms with E-state index in [2.05, 4.69) is 21.3 Å². The van der Waals surface area contributed by atoms with Crippen molar-refractivity contribution < 1.29 is 57.2 Å². The number of carbonyl (C=O) groups is 6. The highest BCUT2D eigenvalue weighted by molar-refractivity contribution is 8.76. The molecule has 0 aliphatic rings. The van der Waals surface area contributed by atoms with Crippen LogP contribution < -0.4 is 21.3 Å². The van der Waals surface area contributed by atoms with Crippen molar-refractivity contribution >= 4 is 58.2 Å². The van der Waals surface area contributed by atoms with Crippen molar-refractivity contribution in [3.8, 4) is 0 Å². The van der Waals surface area contributed by atoms with E-state index in [0.29, 0.717) is 50.0 Å². The molecule has 0 aliphatic carbocycles. The van der Waals surface area contributed by atoms with Gasteiger partial charge in [0.05, 0.1) is 14.2 Å². The van der Waals surface area contributed by atoms with Gasteiger partial charge in [0.2, 0.25) is 24.6 Å². The molecule has 0 saturated carbocycles. The maximum absolute atomic E-state index is 12.9. The Morgan fingerprint density at radius 3 is 1.17 bits per heavy atom. The third-order valence-electron chi connectivity index (χ3n) is 6.76. The van der Waals surface area contributed by atoms with Crippen LogP contribution >= 0.6 is 21.6 Å². The molecule has 4 amide bonds. The van der Waals surface area contributed by atoms with E-state index in [1.165, 1.54) is 64.2 Å². The highest BCUT2D eigenvalue weighted by atomic mass is 33.1. The molecule has 18 heteroatoms. The van der Waals surface area contributed by atoms with Gasteiger partial charge in [-0.2, -0.15) is 0 Å². The van der Waals surface area contributed by atoms with E-state index in [0.717, 1.165) is 0 Å². The lowest BCUT2D eigenvalue weighted by Crippen LogP contribution is -2.50. The summed E-state index contributed by atoms with van der Waals surface area (Å²) in [5.74, 6) is -1.39. The number of amides is 4. The van der Waals surface area contributed by atoms with Gasteiger partial charge < -0.3 is 49.7 Å². The summed E-state index contributed by atoms with van der Waals surface area (Å²) in [6.45, 7) is 0. The molecule has 0 saturated heterocycles. The van der Waals surface area contributed by atoms with E-state index >= 15 is 0 Å². The zero-order valence-corrected chi connectivity index (χ0v) is 29.0. The molecule has 0 aliphatic heterocycles. The molecule has 0 aromatic rings. The van der Waals surface area contributed by atoms with Crippen LogP contribution in [0.15, 0.2) is 0 Å². The fourth-order valence-electron chi connectivity index (χ4n) is 4.16. The van der Waals surface area contributed by atoms with Crippen LogP contribution in [-0.2, 0) is 57.2 Å². The molecular formula is C28H50N4O12S2. The van der Waals surface area contributed by atoms with Gasteiger partial charge >= 0.3 is 11.9 Å². The monoisotopic (exact) mass is 698 g/mol. The van der Waals surface area contributed by atoms with Gasteiger partial charge in [-0.3, -0.25) is 19.2 Å². The normalized spacial score (nSPS) is 13.7. The lowest BCUT2D eigenvalue weighted by molar-refractivity contribution is -0.146. The van der Waals surface area contributed by atoms with Gasteiger partial charge in [-0.1, -0.05) is 21.6 Å². The third-order valence-corrected chi connectivity index (χ3v) is 9.23. The van der Waals surface area contributed by atoms with Crippen LogP contribution in [0.3, 0.4) is 0 Å². The fraction of sp³-hybridized carbons (Fsp3) is 0.786. The zero-order valence-electron chi connectivity index (χ0n) is 27.4. The maximum atomic E-state index is 12.9. The number of nitrogens with one attached hydrogen (secondary N) is 4. The summed E-state index contributed by atoms with van der Waals surface area (Å²) in [5, 5.41) is 10.2. The Labute approximate surface area is 278 Å². The molecule has 16 nitrogen and oxygen atoms in total. The van der Waals surface area contributed by atoms with Gasteiger partial charge in [0.15, 0.2) is 12.6 Å². The summed E-state index contributed by atoms with van der Waals surface area (Å²) in [4.78, 5) is 72.6. The van der Waals surface area contributed by atoms with Crippen molar-refractivity contribution in [2.45, 2.75) is 88.1 Å². The van der Waals surface area contributed by atoms with E-state index in [1.807, 2.05) is 0 Å². The smallest absolute Gasteiger partial charge is 0.328 e. The topological polar surface area (TPSA) is 206 Å². The quantitative estimate of drug-likeness (QED) is 0.0272. The lowest BCUT2D eigenvalue weighted by atomic mass is 10.1. The van der Waals surface area contributed by atoms with Crippen molar-refractivity contribution in [1.29, 1.82) is 0 Å². The van der Waals surface area contributed by atoms with E-state index in [9.17, 15) is 28.8 Å². The van der Waals surface area contributed by atoms with Crippen LogP contribution in [0.5, 0.6) is 0 Å². The Balaban J connectivity index is 4.88. The molecule has 0 radical (unpaired) electrons. The summed E-state index contributed by atoms with van der Waals surface area (Å²) >= 11 is 0. The minimum absolute atomic E-state index is 0.260. The molecule has 0 bridgehead atoms. The largest absolute Gasteiger partial charge is 0.467 e. The second-order valence-electron chi connectivity index (χ2n) is 9.73. The molecule has 0 fully saturated rings. The number of ether oxygens (including phenoxy) is 6. The predicted octanol–water partition coefficient (Wildman–Crippen LogP) is 0.271.